The van der Waals surface area contributed by atoms with Gasteiger partial charge in [-0.3, -0.25) is 9.69 Å². The van der Waals surface area contributed by atoms with E-state index in [1.165, 1.54) is 19.3 Å². The van der Waals surface area contributed by atoms with E-state index >= 15 is 0 Å². The van der Waals surface area contributed by atoms with Crippen molar-refractivity contribution in [2.24, 2.45) is 0 Å². The molecule has 70 valence electrons. The van der Waals surface area contributed by atoms with Crippen molar-refractivity contribution in [2.75, 3.05) is 13.1 Å². The monoisotopic (exact) mass is 169 g/mol. The fourth-order valence-electron chi connectivity index (χ4n) is 1.68. The molecule has 0 aromatic heterocycles. The lowest BCUT2D eigenvalue weighted by molar-refractivity contribution is -0.127. The molecule has 0 radical (unpaired) electrons. The maximum absolute atomic E-state index is 11.3. The van der Waals surface area contributed by atoms with Gasteiger partial charge in [-0.25, -0.2) is 0 Å². The SMILES string of the molecule is CC(=O)C(C)(C)N1CCCCC1. The van der Waals surface area contributed by atoms with Crippen LogP contribution in [0.4, 0.5) is 0 Å². The summed E-state index contributed by atoms with van der Waals surface area (Å²) in [5.41, 5.74) is -0.236. The molecular weight excluding hydrogens is 150 g/mol. The highest BCUT2D eigenvalue weighted by Crippen LogP contribution is 2.20. The van der Waals surface area contributed by atoms with E-state index in [0.29, 0.717) is 0 Å². The first-order valence-corrected chi connectivity index (χ1v) is 4.81. The number of Topliss-reactive ketones (excluding diaryl/α,β-unsaturated/α-hetero) is 1. The predicted octanol–water partition coefficient (Wildman–Crippen LogP) is 1.84. The van der Waals surface area contributed by atoms with Crippen LogP contribution in [0.15, 0.2) is 0 Å². The predicted molar refractivity (Wildman–Crippen MR) is 50.2 cm³/mol. The van der Waals surface area contributed by atoms with Crippen molar-refractivity contribution in [3.8, 4) is 0 Å². The Morgan fingerprint density at radius 1 is 1.17 bits per heavy atom. The van der Waals surface area contributed by atoms with E-state index in [1.54, 1.807) is 6.92 Å². The standard InChI is InChI=1S/C10H19NO/c1-9(12)10(2,3)11-7-5-4-6-8-11/h4-8H2,1-3H3. The molecule has 0 atom stereocenters. The average molecular weight is 169 g/mol. The van der Waals surface area contributed by atoms with E-state index in [0.717, 1.165) is 13.1 Å². The lowest BCUT2D eigenvalue weighted by Crippen LogP contribution is -2.51. The number of rotatable bonds is 2. The number of hydrogen-bond donors (Lipinski definition) is 0. The summed E-state index contributed by atoms with van der Waals surface area (Å²) in [6.07, 6.45) is 3.82. The molecule has 0 N–H and O–H groups in total. The smallest absolute Gasteiger partial charge is 0.149 e. The van der Waals surface area contributed by atoms with Crippen LogP contribution in [-0.4, -0.2) is 29.3 Å². The van der Waals surface area contributed by atoms with Crippen LogP contribution in [-0.2, 0) is 4.79 Å². The van der Waals surface area contributed by atoms with Crippen LogP contribution in [0.3, 0.4) is 0 Å². The number of likely N-dealkylation sites (tertiary alicyclic amines) is 1. The molecule has 0 saturated carbocycles. The van der Waals surface area contributed by atoms with Crippen LogP contribution in [0.1, 0.15) is 40.0 Å². The molecular formula is C10H19NO. The van der Waals surface area contributed by atoms with Crippen molar-refractivity contribution >= 4 is 5.78 Å². The Labute approximate surface area is 74.9 Å². The molecule has 0 spiro atoms. The Morgan fingerprint density at radius 3 is 2.08 bits per heavy atom. The minimum absolute atomic E-state index is 0.236. The molecule has 0 aromatic rings. The maximum atomic E-state index is 11.3. The second-order valence-electron chi connectivity index (χ2n) is 4.16. The average Bonchev–Trinajstić information content (AvgIpc) is 2.06. The molecule has 2 heteroatoms. The van der Waals surface area contributed by atoms with Gasteiger partial charge in [0, 0.05) is 0 Å². The van der Waals surface area contributed by atoms with Crippen LogP contribution in [0.2, 0.25) is 0 Å². The van der Waals surface area contributed by atoms with Crippen LogP contribution < -0.4 is 0 Å². The summed E-state index contributed by atoms with van der Waals surface area (Å²) < 4.78 is 0. The third kappa shape index (κ3) is 1.86. The molecule has 12 heavy (non-hydrogen) atoms. The van der Waals surface area contributed by atoms with Crippen LogP contribution >= 0.6 is 0 Å². The summed E-state index contributed by atoms with van der Waals surface area (Å²) in [6, 6.07) is 0. The van der Waals surface area contributed by atoms with Crippen molar-refractivity contribution in [1.82, 2.24) is 4.90 Å². The van der Waals surface area contributed by atoms with E-state index in [-0.39, 0.29) is 11.3 Å². The molecule has 1 heterocycles. The zero-order chi connectivity index (χ0) is 9.19. The van der Waals surface area contributed by atoms with Gasteiger partial charge in [0.25, 0.3) is 0 Å². The Kier molecular flexibility index (Phi) is 2.89. The molecule has 1 aliphatic rings. The van der Waals surface area contributed by atoms with Crippen LogP contribution in [0, 0.1) is 0 Å². The fourth-order valence-corrected chi connectivity index (χ4v) is 1.68. The molecule has 0 bridgehead atoms. The molecule has 0 aliphatic carbocycles. The molecule has 2 nitrogen and oxygen atoms in total. The molecule has 0 amide bonds. The summed E-state index contributed by atoms with van der Waals surface area (Å²) in [6.45, 7) is 7.93. The number of carbonyl (C=O) groups is 1. The van der Waals surface area contributed by atoms with Gasteiger partial charge in [0.05, 0.1) is 5.54 Å². The first-order chi connectivity index (χ1) is 5.55. The summed E-state index contributed by atoms with van der Waals surface area (Å²) in [5, 5.41) is 0. The van der Waals surface area contributed by atoms with Crippen molar-refractivity contribution in [1.29, 1.82) is 0 Å². The molecule has 0 unspecified atom stereocenters. The van der Waals surface area contributed by atoms with Crippen LogP contribution in [0.25, 0.3) is 0 Å². The number of nitrogens with zero attached hydrogens (tertiary/aromatic N) is 1. The Morgan fingerprint density at radius 2 is 1.67 bits per heavy atom. The zero-order valence-electron chi connectivity index (χ0n) is 8.39. The van der Waals surface area contributed by atoms with Gasteiger partial charge in [0.1, 0.15) is 5.78 Å². The highest BCUT2D eigenvalue weighted by molar-refractivity contribution is 5.85. The Balaban J connectivity index is 2.59. The molecule has 1 aliphatic heterocycles. The fraction of sp³-hybridized carbons (Fsp3) is 0.900. The minimum atomic E-state index is -0.236. The van der Waals surface area contributed by atoms with Gasteiger partial charge in [-0.15, -0.1) is 0 Å². The highest BCUT2D eigenvalue weighted by atomic mass is 16.1. The van der Waals surface area contributed by atoms with E-state index in [9.17, 15) is 4.79 Å². The van der Waals surface area contributed by atoms with Gasteiger partial charge in [0.2, 0.25) is 0 Å². The van der Waals surface area contributed by atoms with E-state index in [1.807, 2.05) is 13.8 Å². The van der Waals surface area contributed by atoms with Gasteiger partial charge in [0.15, 0.2) is 0 Å². The van der Waals surface area contributed by atoms with Gasteiger partial charge in [-0.1, -0.05) is 6.42 Å². The van der Waals surface area contributed by atoms with E-state index in [4.69, 9.17) is 0 Å². The van der Waals surface area contributed by atoms with Gasteiger partial charge >= 0.3 is 0 Å². The topological polar surface area (TPSA) is 20.3 Å². The Hall–Kier alpha value is -0.370. The first kappa shape index (κ1) is 9.72. The highest BCUT2D eigenvalue weighted by Gasteiger charge is 2.31. The number of carbonyl (C=O) groups excluding carboxylic acids is 1. The van der Waals surface area contributed by atoms with Crippen molar-refractivity contribution in [3.05, 3.63) is 0 Å². The van der Waals surface area contributed by atoms with Gasteiger partial charge < -0.3 is 0 Å². The normalized spacial score (nSPS) is 20.9. The Bertz CT molecular complexity index is 169. The summed E-state index contributed by atoms with van der Waals surface area (Å²) in [7, 11) is 0. The third-order valence-electron chi connectivity index (χ3n) is 3.01. The first-order valence-electron chi connectivity index (χ1n) is 4.81. The summed E-state index contributed by atoms with van der Waals surface area (Å²) in [5.74, 6) is 0.282. The van der Waals surface area contributed by atoms with E-state index in [2.05, 4.69) is 4.90 Å². The third-order valence-corrected chi connectivity index (χ3v) is 3.01. The minimum Gasteiger partial charge on any atom is -0.298 e. The molecule has 1 saturated heterocycles. The van der Waals surface area contributed by atoms with E-state index < -0.39 is 0 Å². The molecule has 1 rings (SSSR count). The zero-order valence-corrected chi connectivity index (χ0v) is 8.39. The lowest BCUT2D eigenvalue weighted by atomic mass is 9.95. The number of ketones is 1. The summed E-state index contributed by atoms with van der Waals surface area (Å²) >= 11 is 0. The summed E-state index contributed by atoms with van der Waals surface area (Å²) in [4.78, 5) is 13.6. The largest absolute Gasteiger partial charge is 0.298 e. The van der Waals surface area contributed by atoms with Crippen molar-refractivity contribution in [2.45, 2.75) is 45.6 Å². The second kappa shape index (κ2) is 3.56. The van der Waals surface area contributed by atoms with Gasteiger partial charge in [-0.05, 0) is 46.7 Å². The quantitative estimate of drug-likeness (QED) is 0.628. The number of hydrogen-bond acceptors (Lipinski definition) is 2. The molecule has 0 aromatic carbocycles. The van der Waals surface area contributed by atoms with Crippen molar-refractivity contribution in [3.63, 3.8) is 0 Å². The second-order valence-corrected chi connectivity index (χ2v) is 4.16. The maximum Gasteiger partial charge on any atom is 0.149 e. The molecule has 1 fully saturated rings. The lowest BCUT2D eigenvalue weighted by Gasteiger charge is -2.39. The number of piperidine rings is 1. The van der Waals surface area contributed by atoms with Gasteiger partial charge in [-0.2, -0.15) is 0 Å². The van der Waals surface area contributed by atoms with Crippen molar-refractivity contribution < 1.29 is 4.79 Å². The van der Waals surface area contributed by atoms with Crippen LogP contribution in [0.5, 0.6) is 0 Å².